The van der Waals surface area contributed by atoms with Crippen molar-refractivity contribution in [1.29, 1.82) is 0 Å². The van der Waals surface area contributed by atoms with Crippen LogP contribution in [0.2, 0.25) is 0 Å². The quantitative estimate of drug-likeness (QED) is 0.465. The number of rotatable bonds is 4. The zero-order chi connectivity index (χ0) is 20.5. The van der Waals surface area contributed by atoms with Crippen LogP contribution in [-0.2, 0) is 0 Å². The van der Waals surface area contributed by atoms with Crippen molar-refractivity contribution in [2.24, 2.45) is 0 Å². The molecule has 0 fully saturated rings. The fraction of sp³-hybridized carbons (Fsp3) is 0.0370. The molecule has 0 aromatic heterocycles. The molecule has 0 bridgehead atoms. The zero-order valence-corrected chi connectivity index (χ0v) is 16.4. The van der Waals surface area contributed by atoms with Gasteiger partial charge in [-0.25, -0.2) is 0 Å². The summed E-state index contributed by atoms with van der Waals surface area (Å²) < 4.78 is 0. The molecule has 2 nitrogen and oxygen atoms in total. The van der Waals surface area contributed by atoms with Crippen molar-refractivity contribution in [2.75, 3.05) is 0 Å². The van der Waals surface area contributed by atoms with E-state index in [2.05, 4.69) is 42.5 Å². The summed E-state index contributed by atoms with van der Waals surface area (Å²) in [7, 11) is -1.55. The summed E-state index contributed by atoms with van der Waals surface area (Å²) in [6.07, 6.45) is 0. The maximum absolute atomic E-state index is 10.5. The number of hydrogen-bond acceptors (Lipinski definition) is 2. The van der Waals surface area contributed by atoms with Crippen LogP contribution in [0.25, 0.3) is 16.7 Å². The van der Waals surface area contributed by atoms with Gasteiger partial charge in [-0.05, 0) is 44.4 Å². The Labute approximate surface area is 176 Å². The molecule has 0 saturated carbocycles. The zero-order valence-electron chi connectivity index (χ0n) is 16.4. The lowest BCUT2D eigenvalue weighted by molar-refractivity contribution is 0.416. The van der Waals surface area contributed by atoms with Gasteiger partial charge in [0.05, 0.1) is 0 Å². The van der Waals surface area contributed by atoms with E-state index in [0.717, 1.165) is 39.0 Å². The van der Waals surface area contributed by atoms with Crippen molar-refractivity contribution in [3.8, 4) is 11.1 Å². The van der Waals surface area contributed by atoms with Crippen LogP contribution >= 0.6 is 0 Å². The summed E-state index contributed by atoms with van der Waals surface area (Å²) in [5, 5.41) is 21.1. The monoisotopic (exact) mass is 388 g/mol. The minimum atomic E-state index is -1.55. The highest BCUT2D eigenvalue weighted by Crippen LogP contribution is 2.51. The minimum Gasteiger partial charge on any atom is -0.423 e. The van der Waals surface area contributed by atoms with Crippen LogP contribution in [-0.4, -0.2) is 17.2 Å². The van der Waals surface area contributed by atoms with Gasteiger partial charge in [0, 0.05) is 5.92 Å². The average molecular weight is 388 g/mol. The molecule has 0 radical (unpaired) electrons. The number of hydrogen-bond donors (Lipinski definition) is 2. The summed E-state index contributed by atoms with van der Waals surface area (Å²) in [5.41, 5.74) is 7.98. The molecule has 1 aliphatic rings. The van der Waals surface area contributed by atoms with E-state index in [9.17, 15) is 10.0 Å². The third kappa shape index (κ3) is 3.09. The van der Waals surface area contributed by atoms with Gasteiger partial charge in [0.15, 0.2) is 0 Å². The normalized spacial score (nSPS) is 15.2. The van der Waals surface area contributed by atoms with Gasteiger partial charge in [-0.15, -0.1) is 0 Å². The number of fused-ring (bicyclic) bond motifs is 1. The average Bonchev–Trinajstić information content (AvgIpc) is 3.16. The minimum absolute atomic E-state index is 0.208. The van der Waals surface area contributed by atoms with Gasteiger partial charge in [-0.2, -0.15) is 0 Å². The van der Waals surface area contributed by atoms with Crippen LogP contribution in [0.4, 0.5) is 0 Å². The molecule has 1 aliphatic carbocycles. The molecule has 1 atom stereocenters. The molecule has 30 heavy (non-hydrogen) atoms. The Morgan fingerprint density at radius 3 is 1.73 bits per heavy atom. The molecular weight excluding hydrogens is 367 g/mol. The maximum Gasteiger partial charge on any atom is 0.485 e. The molecule has 0 heterocycles. The van der Waals surface area contributed by atoms with Gasteiger partial charge in [-0.1, -0.05) is 109 Å². The Bertz CT molecular complexity index is 1200. The van der Waals surface area contributed by atoms with Crippen molar-refractivity contribution in [1.82, 2.24) is 0 Å². The first-order valence-electron chi connectivity index (χ1n) is 10.1. The first kappa shape index (κ1) is 18.6. The largest absolute Gasteiger partial charge is 0.485 e. The lowest BCUT2D eigenvalue weighted by Crippen LogP contribution is -2.20. The maximum atomic E-state index is 10.5. The van der Waals surface area contributed by atoms with Gasteiger partial charge in [0.25, 0.3) is 0 Å². The topological polar surface area (TPSA) is 40.5 Å². The summed E-state index contributed by atoms with van der Waals surface area (Å²) >= 11 is 0. The van der Waals surface area contributed by atoms with Crippen LogP contribution in [0, 0.1) is 0 Å². The van der Waals surface area contributed by atoms with Crippen LogP contribution in [0.15, 0.2) is 115 Å². The lowest BCUT2D eigenvalue weighted by atomic mass is 9.68. The first-order valence-corrected chi connectivity index (χ1v) is 10.1. The Balaban J connectivity index is 1.87. The summed E-state index contributed by atoms with van der Waals surface area (Å²) in [6, 6.07) is 36.7. The predicted octanol–water partition coefficient (Wildman–Crippen LogP) is 5.31. The van der Waals surface area contributed by atoms with E-state index in [1.54, 1.807) is 0 Å². The summed E-state index contributed by atoms with van der Waals surface area (Å²) in [4.78, 5) is 0. The van der Waals surface area contributed by atoms with Crippen LogP contribution < -0.4 is 0 Å². The van der Waals surface area contributed by atoms with Gasteiger partial charge in [0.2, 0.25) is 0 Å². The smallest absolute Gasteiger partial charge is 0.423 e. The molecular formula is C27H21BO2. The van der Waals surface area contributed by atoms with Crippen molar-refractivity contribution >= 4 is 12.7 Å². The Hall–Kier alpha value is -3.40. The van der Waals surface area contributed by atoms with Gasteiger partial charge >= 0.3 is 7.12 Å². The molecule has 1 unspecified atom stereocenters. The second kappa shape index (κ2) is 7.79. The fourth-order valence-corrected chi connectivity index (χ4v) is 4.60. The number of allylic oxidation sites excluding steroid dienone is 1. The summed E-state index contributed by atoms with van der Waals surface area (Å²) in [5.74, 6) is -0.208. The molecule has 0 spiro atoms. The molecule has 4 aromatic rings. The molecule has 5 rings (SSSR count). The molecule has 4 aromatic carbocycles. The third-order valence-electron chi connectivity index (χ3n) is 5.82. The highest BCUT2D eigenvalue weighted by Gasteiger charge is 2.39. The Kier molecular flexibility index (Phi) is 4.84. The molecule has 0 saturated heterocycles. The molecule has 0 aliphatic heterocycles. The highest BCUT2D eigenvalue weighted by molar-refractivity contribution is 6.54. The molecule has 0 amide bonds. The van der Waals surface area contributed by atoms with E-state index < -0.39 is 7.12 Å². The lowest BCUT2D eigenvalue weighted by Gasteiger charge is -2.17. The van der Waals surface area contributed by atoms with E-state index >= 15 is 0 Å². The predicted molar refractivity (Wildman–Crippen MR) is 123 cm³/mol. The van der Waals surface area contributed by atoms with Crippen molar-refractivity contribution in [2.45, 2.75) is 5.92 Å². The van der Waals surface area contributed by atoms with Crippen LogP contribution in [0.5, 0.6) is 0 Å². The number of benzene rings is 4. The Morgan fingerprint density at radius 1 is 0.567 bits per heavy atom. The standard InChI is InChI=1S/C27H21BO2/c29-28(30)27-24(20-13-6-2-7-14-20)23-18-10-17-22(19-11-4-1-5-12-19)26(23)25(27)21-15-8-3-9-16-21/h1-18,24,29-30H. The van der Waals surface area contributed by atoms with Gasteiger partial charge in [-0.3, -0.25) is 0 Å². The Morgan fingerprint density at radius 2 is 1.13 bits per heavy atom. The second-order valence-corrected chi connectivity index (χ2v) is 7.55. The van der Waals surface area contributed by atoms with Crippen LogP contribution in [0.1, 0.15) is 28.2 Å². The first-order chi connectivity index (χ1) is 14.8. The SMILES string of the molecule is OB(O)C1=C(c2ccccc2)c2c(-c3ccccc3)cccc2C1c1ccccc1. The van der Waals surface area contributed by atoms with E-state index in [4.69, 9.17) is 0 Å². The van der Waals surface area contributed by atoms with Crippen molar-refractivity contribution in [3.05, 3.63) is 137 Å². The molecule has 3 heteroatoms. The molecule has 144 valence electrons. The van der Waals surface area contributed by atoms with Crippen molar-refractivity contribution < 1.29 is 10.0 Å². The van der Waals surface area contributed by atoms with E-state index in [0.29, 0.717) is 5.47 Å². The summed E-state index contributed by atoms with van der Waals surface area (Å²) in [6.45, 7) is 0. The van der Waals surface area contributed by atoms with Crippen molar-refractivity contribution in [3.63, 3.8) is 0 Å². The second-order valence-electron chi connectivity index (χ2n) is 7.55. The fourth-order valence-electron chi connectivity index (χ4n) is 4.60. The molecule has 2 N–H and O–H groups in total. The van der Waals surface area contributed by atoms with E-state index in [-0.39, 0.29) is 5.92 Å². The third-order valence-corrected chi connectivity index (χ3v) is 5.82. The van der Waals surface area contributed by atoms with E-state index in [1.807, 2.05) is 66.7 Å². The van der Waals surface area contributed by atoms with Crippen LogP contribution in [0.3, 0.4) is 0 Å². The van der Waals surface area contributed by atoms with Gasteiger partial charge < -0.3 is 10.0 Å². The van der Waals surface area contributed by atoms with Gasteiger partial charge in [0.1, 0.15) is 0 Å². The van der Waals surface area contributed by atoms with E-state index in [1.165, 1.54) is 0 Å². The highest BCUT2D eigenvalue weighted by atomic mass is 16.4.